The summed E-state index contributed by atoms with van der Waals surface area (Å²) in [5.41, 5.74) is 7.76. The Labute approximate surface area is 72.2 Å². The van der Waals surface area contributed by atoms with Crippen LogP contribution < -0.4 is 5.73 Å². The third-order valence-corrected chi connectivity index (χ3v) is 2.05. The molecule has 2 heteroatoms. The molecular weight excluding hydrogens is 158 g/mol. The zero-order chi connectivity index (χ0) is 8.27. The molecule has 0 aliphatic heterocycles. The van der Waals surface area contributed by atoms with Crippen LogP contribution in [0, 0.1) is 6.07 Å². The molecule has 0 fully saturated rings. The van der Waals surface area contributed by atoms with Crippen molar-refractivity contribution < 1.29 is 0 Å². The average molecular weight is 169 g/mol. The minimum atomic E-state index is 0.542. The van der Waals surface area contributed by atoms with Gasteiger partial charge in [0, 0.05) is 11.6 Å². The van der Waals surface area contributed by atoms with Gasteiger partial charge < -0.3 is 5.73 Å². The molecule has 0 spiro atoms. The van der Waals surface area contributed by atoms with Crippen LogP contribution >= 0.6 is 11.6 Å². The van der Waals surface area contributed by atoms with Crippen LogP contribution in [0.15, 0.2) is 12.1 Å². The molecule has 1 aromatic carbocycles. The Balaban J connectivity index is 3.13. The molecule has 0 unspecified atom stereocenters. The molecule has 1 aromatic rings. The molecule has 0 saturated heterocycles. The van der Waals surface area contributed by atoms with Gasteiger partial charge in [-0.05, 0) is 35.7 Å². The highest BCUT2D eigenvalue weighted by Crippen LogP contribution is 2.19. The summed E-state index contributed by atoms with van der Waals surface area (Å²) in [5, 5.41) is 0.774. The Bertz CT molecular complexity index is 245. The largest absolute Gasteiger partial charge is 0.326 e. The quantitative estimate of drug-likeness (QED) is 0.720. The third-order valence-electron chi connectivity index (χ3n) is 1.72. The summed E-state index contributed by atoms with van der Waals surface area (Å²) in [4.78, 5) is 0. The fourth-order valence-electron chi connectivity index (χ4n) is 1.12. The highest BCUT2D eigenvalue weighted by molar-refractivity contribution is 6.31. The van der Waals surface area contributed by atoms with Crippen molar-refractivity contribution in [1.82, 2.24) is 0 Å². The maximum absolute atomic E-state index is 5.92. The monoisotopic (exact) mass is 168 g/mol. The van der Waals surface area contributed by atoms with Crippen LogP contribution in [-0.4, -0.2) is 0 Å². The first kappa shape index (κ1) is 8.57. The summed E-state index contributed by atoms with van der Waals surface area (Å²) < 4.78 is 0. The van der Waals surface area contributed by atoms with Crippen molar-refractivity contribution in [3.05, 3.63) is 34.3 Å². The lowest BCUT2D eigenvalue weighted by molar-refractivity contribution is 1.00. The summed E-state index contributed by atoms with van der Waals surface area (Å²) in [6, 6.07) is 6.61. The van der Waals surface area contributed by atoms with Crippen molar-refractivity contribution >= 4 is 11.6 Å². The van der Waals surface area contributed by atoms with Gasteiger partial charge in [-0.3, -0.25) is 0 Å². The van der Waals surface area contributed by atoms with E-state index in [1.54, 1.807) is 6.07 Å². The number of halogens is 1. The highest BCUT2D eigenvalue weighted by Gasteiger charge is 2.01. The second kappa shape index (κ2) is 3.74. The van der Waals surface area contributed by atoms with Gasteiger partial charge in [0.05, 0.1) is 0 Å². The van der Waals surface area contributed by atoms with E-state index < -0.39 is 0 Å². The van der Waals surface area contributed by atoms with Gasteiger partial charge in [-0.2, -0.15) is 0 Å². The topological polar surface area (TPSA) is 26.0 Å². The first-order valence-corrected chi connectivity index (χ1v) is 4.04. The van der Waals surface area contributed by atoms with Crippen molar-refractivity contribution in [3.8, 4) is 0 Å². The summed E-state index contributed by atoms with van der Waals surface area (Å²) >= 11 is 5.92. The van der Waals surface area contributed by atoms with Gasteiger partial charge in [-0.15, -0.1) is 0 Å². The fraction of sp³-hybridized carbons (Fsp3) is 0.333. The van der Waals surface area contributed by atoms with E-state index in [1.165, 1.54) is 0 Å². The molecule has 0 aromatic heterocycles. The van der Waals surface area contributed by atoms with E-state index in [0.29, 0.717) is 6.54 Å². The van der Waals surface area contributed by atoms with Crippen LogP contribution in [0.25, 0.3) is 0 Å². The normalized spacial score (nSPS) is 10.1. The van der Waals surface area contributed by atoms with Gasteiger partial charge in [0.1, 0.15) is 0 Å². The molecule has 11 heavy (non-hydrogen) atoms. The first-order valence-electron chi connectivity index (χ1n) is 3.67. The lowest BCUT2D eigenvalue weighted by atomic mass is 10.1. The Morgan fingerprint density at radius 2 is 2.27 bits per heavy atom. The summed E-state index contributed by atoms with van der Waals surface area (Å²) in [7, 11) is 0. The third kappa shape index (κ3) is 1.73. The van der Waals surface area contributed by atoms with Gasteiger partial charge in [-0.1, -0.05) is 18.5 Å². The molecule has 0 amide bonds. The van der Waals surface area contributed by atoms with Gasteiger partial charge >= 0.3 is 0 Å². The predicted octanol–water partition coefficient (Wildman–Crippen LogP) is 2.16. The predicted molar refractivity (Wildman–Crippen MR) is 47.6 cm³/mol. The molecule has 59 valence electrons. The lowest BCUT2D eigenvalue weighted by Crippen LogP contribution is -2.01. The summed E-state index contributed by atoms with van der Waals surface area (Å²) in [5.74, 6) is 0. The van der Waals surface area contributed by atoms with Crippen LogP contribution in [0.2, 0.25) is 5.02 Å². The molecule has 1 nitrogen and oxygen atoms in total. The molecule has 0 aliphatic rings. The molecule has 2 N–H and O–H groups in total. The molecule has 0 saturated carbocycles. The molecule has 0 atom stereocenters. The molecular formula is C9H11ClN. The van der Waals surface area contributed by atoms with Crippen LogP contribution in [-0.2, 0) is 13.0 Å². The SMILES string of the molecule is CCc1c(Cl)c[c]cc1CN. The fourth-order valence-corrected chi connectivity index (χ4v) is 1.44. The van der Waals surface area contributed by atoms with Crippen molar-refractivity contribution in [2.75, 3.05) is 0 Å². The van der Waals surface area contributed by atoms with Crippen molar-refractivity contribution in [1.29, 1.82) is 0 Å². The smallest absolute Gasteiger partial charge is 0.0447 e. The zero-order valence-electron chi connectivity index (χ0n) is 6.52. The van der Waals surface area contributed by atoms with E-state index in [2.05, 4.69) is 13.0 Å². The number of benzene rings is 1. The van der Waals surface area contributed by atoms with Gasteiger partial charge in [0.2, 0.25) is 0 Å². The number of hydrogen-bond donors (Lipinski definition) is 1. The lowest BCUT2D eigenvalue weighted by Gasteiger charge is -2.05. The van der Waals surface area contributed by atoms with E-state index in [0.717, 1.165) is 22.6 Å². The Kier molecular flexibility index (Phi) is 2.92. The van der Waals surface area contributed by atoms with Gasteiger partial charge in [0.25, 0.3) is 0 Å². The van der Waals surface area contributed by atoms with Gasteiger partial charge in [0.15, 0.2) is 0 Å². The van der Waals surface area contributed by atoms with Gasteiger partial charge in [-0.25, -0.2) is 0 Å². The molecule has 1 radical (unpaired) electrons. The van der Waals surface area contributed by atoms with E-state index in [9.17, 15) is 0 Å². The summed E-state index contributed by atoms with van der Waals surface area (Å²) in [6.45, 7) is 2.61. The van der Waals surface area contributed by atoms with E-state index in [1.807, 2.05) is 6.07 Å². The Morgan fingerprint density at radius 3 is 2.73 bits per heavy atom. The summed E-state index contributed by atoms with van der Waals surface area (Å²) in [6.07, 6.45) is 0.931. The van der Waals surface area contributed by atoms with Crippen molar-refractivity contribution in [2.24, 2.45) is 5.73 Å². The standard InChI is InChI=1S/C9H11ClN/c1-2-8-7(6-11)4-3-5-9(8)10/h4-5H,2,6,11H2,1H3. The Hall–Kier alpha value is -0.530. The van der Waals surface area contributed by atoms with E-state index in [4.69, 9.17) is 17.3 Å². The van der Waals surface area contributed by atoms with E-state index >= 15 is 0 Å². The first-order chi connectivity index (χ1) is 5.29. The second-order valence-corrected chi connectivity index (χ2v) is 2.77. The number of nitrogens with two attached hydrogens (primary N) is 1. The molecule has 0 heterocycles. The van der Waals surface area contributed by atoms with E-state index in [-0.39, 0.29) is 0 Å². The molecule has 1 rings (SSSR count). The second-order valence-electron chi connectivity index (χ2n) is 2.36. The highest BCUT2D eigenvalue weighted by atomic mass is 35.5. The van der Waals surface area contributed by atoms with Crippen LogP contribution in [0.4, 0.5) is 0 Å². The van der Waals surface area contributed by atoms with Crippen molar-refractivity contribution in [3.63, 3.8) is 0 Å². The van der Waals surface area contributed by atoms with Crippen LogP contribution in [0.1, 0.15) is 18.1 Å². The molecule has 0 bridgehead atoms. The van der Waals surface area contributed by atoms with Crippen molar-refractivity contribution in [2.45, 2.75) is 19.9 Å². The maximum Gasteiger partial charge on any atom is 0.0447 e. The minimum Gasteiger partial charge on any atom is -0.326 e. The number of rotatable bonds is 2. The van der Waals surface area contributed by atoms with Crippen LogP contribution in [0.3, 0.4) is 0 Å². The molecule has 0 aliphatic carbocycles. The maximum atomic E-state index is 5.92. The minimum absolute atomic E-state index is 0.542. The number of hydrogen-bond acceptors (Lipinski definition) is 1. The average Bonchev–Trinajstić information content (AvgIpc) is 2.04. The zero-order valence-corrected chi connectivity index (χ0v) is 7.28. The Morgan fingerprint density at radius 1 is 1.55 bits per heavy atom. The van der Waals surface area contributed by atoms with Crippen LogP contribution in [0.5, 0.6) is 0 Å².